The lowest BCUT2D eigenvalue weighted by Crippen LogP contribution is -2.49. The van der Waals surface area contributed by atoms with Crippen LogP contribution in [0.25, 0.3) is 32.9 Å². The van der Waals surface area contributed by atoms with Crippen molar-refractivity contribution in [3.05, 3.63) is 72.7 Å². The van der Waals surface area contributed by atoms with E-state index in [1.165, 1.54) is 6.33 Å². The number of amides is 1. The largest absolute Gasteiger partial charge is 0.377 e. The van der Waals surface area contributed by atoms with Crippen LogP contribution >= 0.6 is 0 Å². The molecule has 3 atom stereocenters. The lowest BCUT2D eigenvalue weighted by atomic mass is 9.97. The first-order chi connectivity index (χ1) is 19.1. The number of aryl methyl sites for hydroxylation is 1. The number of aromatic nitrogens is 6. The Hall–Kier alpha value is -4.44. The first-order valence-corrected chi connectivity index (χ1v) is 13.2. The average Bonchev–Trinajstić information content (AvgIpc) is 3.50. The summed E-state index contributed by atoms with van der Waals surface area (Å²) in [6.45, 7) is 3.16. The van der Waals surface area contributed by atoms with Crippen LogP contribution in [0.4, 0.5) is 5.82 Å². The summed E-state index contributed by atoms with van der Waals surface area (Å²) in [7, 11) is 1.89. The molecule has 39 heavy (non-hydrogen) atoms. The van der Waals surface area contributed by atoms with Crippen molar-refractivity contribution >= 4 is 33.5 Å². The second-order valence-corrected chi connectivity index (χ2v) is 10.3. The molecule has 7 rings (SSSR count). The van der Waals surface area contributed by atoms with Gasteiger partial charge in [0.15, 0.2) is 5.82 Å². The highest BCUT2D eigenvalue weighted by Gasteiger charge is 2.41. The van der Waals surface area contributed by atoms with Crippen molar-refractivity contribution in [3.8, 4) is 11.1 Å². The van der Waals surface area contributed by atoms with E-state index in [4.69, 9.17) is 9.72 Å². The number of rotatable bonds is 5. The SMILES string of the molecule is CC(Nc1ncnc2cccnc12)c1cc2cccc(-c3cnn(C)c3)c2c(C(=O)N2C3CCC2COC3)n1. The minimum Gasteiger partial charge on any atom is -0.377 e. The van der Waals surface area contributed by atoms with Crippen LogP contribution in [0.15, 0.2) is 61.3 Å². The van der Waals surface area contributed by atoms with E-state index in [0.29, 0.717) is 30.2 Å². The summed E-state index contributed by atoms with van der Waals surface area (Å²) in [5.74, 6) is 0.577. The number of nitrogens with one attached hydrogen (secondary N) is 1. The molecule has 1 aromatic carbocycles. The van der Waals surface area contributed by atoms with Gasteiger partial charge in [-0.1, -0.05) is 18.2 Å². The fraction of sp³-hybridized carbons (Fsp3) is 0.310. The number of hydrogen-bond donors (Lipinski definition) is 1. The molecule has 2 bridgehead atoms. The lowest BCUT2D eigenvalue weighted by Gasteiger charge is -2.35. The van der Waals surface area contributed by atoms with Crippen molar-refractivity contribution in [2.75, 3.05) is 18.5 Å². The van der Waals surface area contributed by atoms with E-state index in [-0.39, 0.29) is 24.0 Å². The van der Waals surface area contributed by atoms with Crippen LogP contribution in [0.5, 0.6) is 0 Å². The third kappa shape index (κ3) is 4.08. The number of carbonyl (C=O) groups is 1. The molecule has 6 heterocycles. The normalized spacial score (nSPS) is 19.5. The number of fused-ring (bicyclic) bond motifs is 4. The second-order valence-electron chi connectivity index (χ2n) is 10.3. The van der Waals surface area contributed by atoms with Crippen molar-refractivity contribution in [1.82, 2.24) is 34.6 Å². The monoisotopic (exact) mass is 520 g/mol. The molecule has 1 amide bonds. The molecule has 2 aliphatic heterocycles. The van der Waals surface area contributed by atoms with Crippen LogP contribution in [-0.4, -0.2) is 65.8 Å². The van der Waals surface area contributed by atoms with E-state index in [1.807, 2.05) is 67.7 Å². The van der Waals surface area contributed by atoms with Gasteiger partial charge in [-0.15, -0.1) is 0 Å². The van der Waals surface area contributed by atoms with E-state index in [9.17, 15) is 4.79 Å². The molecule has 0 spiro atoms. The Labute approximate surface area is 225 Å². The number of benzene rings is 1. The quantitative estimate of drug-likeness (QED) is 0.368. The average molecular weight is 521 g/mol. The Kier molecular flexibility index (Phi) is 5.70. The van der Waals surface area contributed by atoms with Gasteiger partial charge in [0.1, 0.15) is 17.5 Å². The van der Waals surface area contributed by atoms with Gasteiger partial charge in [-0.05, 0) is 48.9 Å². The van der Waals surface area contributed by atoms with Crippen LogP contribution < -0.4 is 5.32 Å². The number of nitrogens with zero attached hydrogens (tertiary/aromatic N) is 7. The summed E-state index contributed by atoms with van der Waals surface area (Å²) in [6, 6.07) is 11.8. The predicted octanol–water partition coefficient (Wildman–Crippen LogP) is 4.15. The molecule has 2 fully saturated rings. The number of morpholine rings is 1. The number of anilines is 1. The molecule has 2 saturated heterocycles. The summed E-state index contributed by atoms with van der Waals surface area (Å²) >= 11 is 0. The van der Waals surface area contributed by atoms with Crippen molar-refractivity contribution < 1.29 is 9.53 Å². The highest BCUT2D eigenvalue weighted by atomic mass is 16.5. The van der Waals surface area contributed by atoms with Crippen molar-refractivity contribution in [2.24, 2.45) is 7.05 Å². The van der Waals surface area contributed by atoms with Gasteiger partial charge in [0, 0.05) is 30.4 Å². The molecule has 0 aliphatic carbocycles. The summed E-state index contributed by atoms with van der Waals surface area (Å²) in [4.78, 5) is 34.6. The van der Waals surface area contributed by atoms with Crippen LogP contribution in [0, 0.1) is 0 Å². The van der Waals surface area contributed by atoms with E-state index in [2.05, 4.69) is 25.4 Å². The standard InChI is InChI=1S/C29H28N8O2/c1-17(34-28-26-23(31-16-32-28)7-4-10-30-26)24-11-18-5-3-6-22(19-12-33-36(2)13-19)25(18)27(35-24)29(38)37-20-8-9-21(37)15-39-14-20/h3-7,10-13,16-17,20-21H,8-9,14-15H2,1-2H3,(H,31,32,34). The number of hydrogen-bond acceptors (Lipinski definition) is 8. The van der Waals surface area contributed by atoms with Crippen molar-refractivity contribution in [3.63, 3.8) is 0 Å². The minimum absolute atomic E-state index is 0.0460. The third-order valence-corrected chi connectivity index (χ3v) is 7.76. The summed E-state index contributed by atoms with van der Waals surface area (Å²) in [5, 5.41) is 9.62. The van der Waals surface area contributed by atoms with Gasteiger partial charge >= 0.3 is 0 Å². The van der Waals surface area contributed by atoms with Gasteiger partial charge < -0.3 is 15.0 Å². The molecule has 196 valence electrons. The zero-order valence-electron chi connectivity index (χ0n) is 21.8. The topological polar surface area (TPSA) is 111 Å². The van der Waals surface area contributed by atoms with Gasteiger partial charge in [-0.2, -0.15) is 5.10 Å². The maximum Gasteiger partial charge on any atom is 0.273 e. The van der Waals surface area contributed by atoms with Gasteiger partial charge in [-0.25, -0.2) is 15.0 Å². The summed E-state index contributed by atoms with van der Waals surface area (Å²) in [6.07, 6.45) is 8.95. The first kappa shape index (κ1) is 23.7. The first-order valence-electron chi connectivity index (χ1n) is 13.2. The third-order valence-electron chi connectivity index (χ3n) is 7.76. The second kappa shape index (κ2) is 9.39. The zero-order valence-corrected chi connectivity index (χ0v) is 21.8. The highest BCUT2D eigenvalue weighted by Crippen LogP contribution is 2.36. The Morgan fingerprint density at radius 1 is 1.10 bits per heavy atom. The predicted molar refractivity (Wildman–Crippen MR) is 147 cm³/mol. The van der Waals surface area contributed by atoms with Crippen molar-refractivity contribution in [2.45, 2.75) is 37.9 Å². The smallest absolute Gasteiger partial charge is 0.273 e. The lowest BCUT2D eigenvalue weighted by molar-refractivity contribution is -0.00735. The molecule has 10 nitrogen and oxygen atoms in total. The number of carbonyl (C=O) groups excluding carboxylic acids is 1. The Morgan fingerprint density at radius 2 is 1.95 bits per heavy atom. The Balaban J connectivity index is 1.36. The molecule has 10 heteroatoms. The van der Waals surface area contributed by atoms with Gasteiger partial charge in [0.2, 0.25) is 0 Å². The number of pyridine rings is 2. The van der Waals surface area contributed by atoms with Crippen LogP contribution in [0.2, 0.25) is 0 Å². The fourth-order valence-electron chi connectivity index (χ4n) is 5.87. The summed E-state index contributed by atoms with van der Waals surface area (Å²) < 4.78 is 7.54. The molecule has 5 aromatic rings. The fourth-order valence-corrected chi connectivity index (χ4v) is 5.87. The molecule has 0 saturated carbocycles. The van der Waals surface area contributed by atoms with E-state index in [0.717, 1.165) is 46.0 Å². The molecule has 1 N–H and O–H groups in total. The van der Waals surface area contributed by atoms with Crippen molar-refractivity contribution in [1.29, 1.82) is 0 Å². The molecule has 2 aliphatic rings. The molecule has 3 unspecified atom stereocenters. The highest BCUT2D eigenvalue weighted by molar-refractivity contribution is 6.11. The molecule has 4 aromatic heterocycles. The van der Waals surface area contributed by atoms with Gasteiger partial charge in [-0.3, -0.25) is 14.5 Å². The molecular weight excluding hydrogens is 492 g/mol. The summed E-state index contributed by atoms with van der Waals surface area (Å²) in [5.41, 5.74) is 4.54. The van der Waals surface area contributed by atoms with E-state index < -0.39 is 0 Å². The van der Waals surface area contributed by atoms with Gasteiger partial charge in [0.25, 0.3) is 5.91 Å². The maximum atomic E-state index is 14.3. The van der Waals surface area contributed by atoms with E-state index in [1.54, 1.807) is 10.9 Å². The van der Waals surface area contributed by atoms with Crippen LogP contribution in [0.3, 0.4) is 0 Å². The Bertz CT molecular complexity index is 1700. The van der Waals surface area contributed by atoms with Crippen LogP contribution in [0.1, 0.15) is 42.0 Å². The van der Waals surface area contributed by atoms with E-state index >= 15 is 0 Å². The minimum atomic E-state index is -0.246. The number of ether oxygens (including phenoxy) is 1. The molecule has 0 radical (unpaired) electrons. The maximum absolute atomic E-state index is 14.3. The Morgan fingerprint density at radius 3 is 2.74 bits per heavy atom. The molecular formula is C29H28N8O2. The van der Waals surface area contributed by atoms with Gasteiger partial charge in [0.05, 0.1) is 48.7 Å². The zero-order chi connectivity index (χ0) is 26.5. The van der Waals surface area contributed by atoms with Crippen LogP contribution in [-0.2, 0) is 11.8 Å².